The van der Waals surface area contributed by atoms with E-state index >= 15 is 0 Å². The molecule has 0 amide bonds. The molecule has 0 bridgehead atoms. The van der Waals surface area contributed by atoms with Crippen LogP contribution < -0.4 is 15.8 Å². The van der Waals surface area contributed by atoms with E-state index < -0.39 is 0 Å². The maximum atomic E-state index is 6.21. The minimum absolute atomic E-state index is 0.279. The van der Waals surface area contributed by atoms with E-state index in [2.05, 4.69) is 20.3 Å². The summed E-state index contributed by atoms with van der Waals surface area (Å²) in [6.07, 6.45) is 3.13. The lowest BCUT2D eigenvalue weighted by Gasteiger charge is -2.12. The van der Waals surface area contributed by atoms with Crippen molar-refractivity contribution >= 4 is 34.0 Å². The van der Waals surface area contributed by atoms with E-state index in [9.17, 15) is 0 Å². The van der Waals surface area contributed by atoms with E-state index in [1.807, 2.05) is 54.6 Å². The molecular weight excluding hydrogens is 362 g/mol. The number of nitrogens with two attached hydrogens (primary N) is 1. The van der Waals surface area contributed by atoms with Gasteiger partial charge in [-0.25, -0.2) is 4.98 Å². The van der Waals surface area contributed by atoms with E-state index in [4.69, 9.17) is 22.1 Å². The highest BCUT2D eigenvalue weighted by atomic mass is 35.5. The first-order chi connectivity index (χ1) is 13.2. The summed E-state index contributed by atoms with van der Waals surface area (Å²) in [5.41, 5.74) is 8.34. The molecule has 0 saturated carbocycles. The molecule has 2 aromatic heterocycles. The van der Waals surface area contributed by atoms with Gasteiger partial charge in [0.2, 0.25) is 5.88 Å². The third-order valence-electron chi connectivity index (χ3n) is 4.02. The van der Waals surface area contributed by atoms with Crippen molar-refractivity contribution in [3.05, 3.63) is 77.7 Å². The monoisotopic (exact) mass is 377 g/mol. The Morgan fingerprint density at radius 2 is 1.78 bits per heavy atom. The lowest BCUT2D eigenvalue weighted by Crippen LogP contribution is -2.06. The molecule has 3 N–H and O–H groups in total. The molecule has 0 unspecified atom stereocenters. The number of pyridine rings is 1. The summed E-state index contributed by atoms with van der Waals surface area (Å²) < 4.78 is 5.93. The molecule has 2 heterocycles. The average Bonchev–Trinajstić information content (AvgIpc) is 2.70. The van der Waals surface area contributed by atoms with Gasteiger partial charge in [-0.15, -0.1) is 0 Å². The number of aromatic nitrogens is 3. The summed E-state index contributed by atoms with van der Waals surface area (Å²) in [7, 11) is 0. The van der Waals surface area contributed by atoms with Crippen molar-refractivity contribution in [2.24, 2.45) is 0 Å². The summed E-state index contributed by atoms with van der Waals surface area (Å²) >= 11 is 5.91. The number of nitrogens with zero attached hydrogens (tertiary/aromatic N) is 3. The van der Waals surface area contributed by atoms with Crippen LogP contribution in [-0.4, -0.2) is 15.0 Å². The lowest BCUT2D eigenvalue weighted by atomic mass is 10.2. The third kappa shape index (κ3) is 3.75. The fourth-order valence-corrected chi connectivity index (χ4v) is 2.78. The molecule has 4 aromatic rings. The topological polar surface area (TPSA) is 86.0 Å². The Labute approximate surface area is 161 Å². The van der Waals surface area contributed by atoms with Crippen LogP contribution in [-0.2, 0) is 6.54 Å². The Balaban J connectivity index is 1.57. The van der Waals surface area contributed by atoms with Crippen LogP contribution in [0.5, 0.6) is 11.6 Å². The predicted octanol–water partition coefficient (Wildman–Crippen LogP) is 4.66. The SMILES string of the molecule is Nc1c(NCc2ccc(Cl)cc2)ncnc1Oc1cccc2cccnc12. The molecule has 0 aliphatic carbocycles. The van der Waals surface area contributed by atoms with Gasteiger partial charge in [0, 0.05) is 23.2 Å². The van der Waals surface area contributed by atoms with Crippen LogP contribution in [0.1, 0.15) is 5.56 Å². The zero-order valence-corrected chi connectivity index (χ0v) is 15.0. The Morgan fingerprint density at radius 3 is 2.63 bits per heavy atom. The van der Waals surface area contributed by atoms with Crippen molar-refractivity contribution in [2.45, 2.75) is 6.54 Å². The van der Waals surface area contributed by atoms with Gasteiger partial charge in [-0.05, 0) is 29.8 Å². The van der Waals surface area contributed by atoms with Crippen LogP contribution in [0.25, 0.3) is 10.9 Å². The zero-order chi connectivity index (χ0) is 18.6. The number of ether oxygens (including phenoxy) is 1. The number of anilines is 2. The number of nitrogen functional groups attached to an aromatic ring is 1. The fraction of sp³-hybridized carbons (Fsp3) is 0.0500. The lowest BCUT2D eigenvalue weighted by molar-refractivity contribution is 0.469. The van der Waals surface area contributed by atoms with Crippen LogP contribution in [0, 0.1) is 0 Å². The number of hydrogen-bond donors (Lipinski definition) is 2. The Morgan fingerprint density at radius 1 is 0.963 bits per heavy atom. The highest BCUT2D eigenvalue weighted by Gasteiger charge is 2.12. The first-order valence-electron chi connectivity index (χ1n) is 8.31. The van der Waals surface area contributed by atoms with Gasteiger partial charge in [-0.3, -0.25) is 4.98 Å². The quantitative estimate of drug-likeness (QED) is 0.525. The van der Waals surface area contributed by atoms with Gasteiger partial charge < -0.3 is 15.8 Å². The largest absolute Gasteiger partial charge is 0.435 e. The number of benzene rings is 2. The summed E-state index contributed by atoms with van der Waals surface area (Å²) in [5.74, 6) is 1.37. The molecule has 0 radical (unpaired) electrons. The zero-order valence-electron chi connectivity index (χ0n) is 14.3. The number of hydrogen-bond acceptors (Lipinski definition) is 6. The van der Waals surface area contributed by atoms with E-state index in [0.717, 1.165) is 16.5 Å². The van der Waals surface area contributed by atoms with Gasteiger partial charge in [0.05, 0.1) is 0 Å². The second-order valence-corrected chi connectivity index (χ2v) is 6.29. The molecule has 0 fully saturated rings. The highest BCUT2D eigenvalue weighted by molar-refractivity contribution is 6.30. The molecule has 134 valence electrons. The standard InChI is InChI=1S/C20H16ClN5O/c21-15-8-6-13(7-9-15)11-24-19-17(22)20(26-12-25-19)27-16-5-1-3-14-4-2-10-23-18(14)16/h1-10,12H,11,22H2,(H,24,25,26). The predicted molar refractivity (Wildman–Crippen MR) is 107 cm³/mol. The minimum Gasteiger partial charge on any atom is -0.435 e. The molecular formula is C20H16ClN5O. The Bertz CT molecular complexity index is 1080. The van der Waals surface area contributed by atoms with Crippen molar-refractivity contribution in [1.29, 1.82) is 0 Å². The molecule has 6 nitrogen and oxygen atoms in total. The maximum absolute atomic E-state index is 6.21. The minimum atomic E-state index is 0.279. The van der Waals surface area contributed by atoms with Crippen molar-refractivity contribution in [2.75, 3.05) is 11.1 Å². The normalized spacial score (nSPS) is 10.7. The van der Waals surface area contributed by atoms with Gasteiger partial charge >= 0.3 is 0 Å². The number of para-hydroxylation sites is 1. The van der Waals surface area contributed by atoms with Crippen molar-refractivity contribution in [3.8, 4) is 11.6 Å². The maximum Gasteiger partial charge on any atom is 0.248 e. The summed E-state index contributed by atoms with van der Waals surface area (Å²) in [5, 5.41) is 4.87. The molecule has 0 spiro atoms. The van der Waals surface area contributed by atoms with Gasteiger partial charge in [0.1, 0.15) is 17.5 Å². The number of rotatable bonds is 5. The number of nitrogens with one attached hydrogen (secondary N) is 1. The molecule has 0 aliphatic heterocycles. The second-order valence-electron chi connectivity index (χ2n) is 5.85. The Hall–Kier alpha value is -3.38. The van der Waals surface area contributed by atoms with Gasteiger partial charge in [0.15, 0.2) is 11.6 Å². The van der Waals surface area contributed by atoms with E-state index in [1.165, 1.54) is 6.33 Å². The fourth-order valence-electron chi connectivity index (χ4n) is 2.65. The van der Waals surface area contributed by atoms with Crippen molar-refractivity contribution < 1.29 is 4.74 Å². The molecule has 0 aliphatic rings. The highest BCUT2D eigenvalue weighted by Crippen LogP contribution is 2.32. The van der Waals surface area contributed by atoms with Crippen molar-refractivity contribution in [1.82, 2.24) is 15.0 Å². The van der Waals surface area contributed by atoms with Crippen LogP contribution >= 0.6 is 11.6 Å². The van der Waals surface area contributed by atoms with Gasteiger partial charge in [0.25, 0.3) is 0 Å². The van der Waals surface area contributed by atoms with Crippen LogP contribution in [0.2, 0.25) is 5.02 Å². The molecule has 7 heteroatoms. The first-order valence-corrected chi connectivity index (χ1v) is 8.69. The first kappa shape index (κ1) is 17.1. The van der Waals surface area contributed by atoms with Crippen molar-refractivity contribution in [3.63, 3.8) is 0 Å². The summed E-state index contributed by atoms with van der Waals surface area (Å²) in [4.78, 5) is 12.7. The molecule has 0 atom stereocenters. The molecule has 4 rings (SSSR count). The van der Waals surface area contributed by atoms with Gasteiger partial charge in [-0.1, -0.05) is 41.9 Å². The van der Waals surface area contributed by atoms with Crippen LogP contribution in [0.4, 0.5) is 11.5 Å². The average molecular weight is 378 g/mol. The smallest absolute Gasteiger partial charge is 0.248 e. The molecule has 27 heavy (non-hydrogen) atoms. The van der Waals surface area contributed by atoms with E-state index in [1.54, 1.807) is 6.20 Å². The summed E-state index contributed by atoms with van der Waals surface area (Å²) in [6, 6.07) is 17.1. The summed E-state index contributed by atoms with van der Waals surface area (Å²) in [6.45, 7) is 0.549. The van der Waals surface area contributed by atoms with E-state index in [-0.39, 0.29) is 5.88 Å². The third-order valence-corrected chi connectivity index (χ3v) is 4.27. The second kappa shape index (κ2) is 7.47. The number of fused-ring (bicyclic) bond motifs is 1. The Kier molecular flexibility index (Phi) is 4.72. The molecule has 2 aromatic carbocycles. The van der Waals surface area contributed by atoms with Crippen LogP contribution in [0.3, 0.4) is 0 Å². The van der Waals surface area contributed by atoms with Gasteiger partial charge in [-0.2, -0.15) is 4.98 Å². The number of halogens is 1. The molecule has 0 saturated heterocycles. The van der Waals surface area contributed by atoms with Crippen LogP contribution in [0.15, 0.2) is 67.1 Å². The van der Waals surface area contributed by atoms with E-state index in [0.29, 0.717) is 28.8 Å².